The molecule has 2 rings (SSSR count). The minimum absolute atomic E-state index is 0. The van der Waals surface area contributed by atoms with Crippen molar-refractivity contribution in [1.82, 2.24) is 15.5 Å². The molecule has 0 saturated heterocycles. The van der Waals surface area contributed by atoms with Gasteiger partial charge in [-0.05, 0) is 44.5 Å². The Hall–Kier alpha value is -1.02. The van der Waals surface area contributed by atoms with Gasteiger partial charge >= 0.3 is 0 Å². The van der Waals surface area contributed by atoms with Gasteiger partial charge in [0, 0.05) is 39.1 Å². The van der Waals surface area contributed by atoms with Crippen molar-refractivity contribution in [2.45, 2.75) is 32.7 Å². The van der Waals surface area contributed by atoms with E-state index in [2.05, 4.69) is 59.6 Å². The van der Waals surface area contributed by atoms with E-state index in [4.69, 9.17) is 4.74 Å². The Morgan fingerprint density at radius 3 is 2.75 bits per heavy atom. The van der Waals surface area contributed by atoms with E-state index in [1.54, 1.807) is 0 Å². The van der Waals surface area contributed by atoms with E-state index in [-0.39, 0.29) is 24.0 Å². The Bertz CT molecular complexity index is 534. The van der Waals surface area contributed by atoms with Crippen LogP contribution in [0.2, 0.25) is 0 Å². The first-order chi connectivity index (χ1) is 11.1. The zero-order chi connectivity index (χ0) is 16.7. The molecule has 1 aliphatic rings. The smallest absolute Gasteiger partial charge is 0.191 e. The molecule has 0 atom stereocenters. The maximum Gasteiger partial charge on any atom is 0.191 e. The predicted molar refractivity (Wildman–Crippen MR) is 112 cm³/mol. The van der Waals surface area contributed by atoms with Crippen LogP contribution in [0.25, 0.3) is 0 Å². The Morgan fingerprint density at radius 1 is 1.29 bits per heavy atom. The van der Waals surface area contributed by atoms with Crippen LogP contribution in [0.3, 0.4) is 0 Å². The fraction of sp³-hybridized carbons (Fsp3) is 0.611. The van der Waals surface area contributed by atoms with Crippen LogP contribution in [0.5, 0.6) is 5.75 Å². The fourth-order valence-electron chi connectivity index (χ4n) is 2.55. The zero-order valence-electron chi connectivity index (χ0n) is 15.3. The third-order valence-corrected chi connectivity index (χ3v) is 4.32. The minimum atomic E-state index is 0. The Morgan fingerprint density at radius 2 is 2.04 bits per heavy atom. The average Bonchev–Trinajstić information content (AvgIpc) is 3.00. The van der Waals surface area contributed by atoms with Gasteiger partial charge in [-0.15, -0.1) is 24.0 Å². The SMILES string of the molecule is CN=C(NCCc1ccc2c(c1)CCO2)NCCN(C)C(C)C.I. The molecule has 0 aromatic heterocycles. The number of halogens is 1. The third kappa shape index (κ3) is 6.47. The lowest BCUT2D eigenvalue weighted by Gasteiger charge is -2.21. The molecule has 1 heterocycles. The summed E-state index contributed by atoms with van der Waals surface area (Å²) < 4.78 is 5.55. The summed E-state index contributed by atoms with van der Waals surface area (Å²) in [7, 11) is 3.95. The standard InChI is InChI=1S/C18H30N4O.HI/c1-14(2)22(4)11-10-21-18(19-3)20-9-7-15-5-6-17-16(13-15)8-12-23-17;/h5-6,13-14H,7-12H2,1-4H3,(H2,19,20,21);1H. The van der Waals surface area contributed by atoms with Gasteiger partial charge in [0.1, 0.15) is 5.75 Å². The van der Waals surface area contributed by atoms with Crippen molar-refractivity contribution in [3.05, 3.63) is 29.3 Å². The number of ether oxygens (including phenoxy) is 1. The van der Waals surface area contributed by atoms with Gasteiger partial charge in [0.25, 0.3) is 0 Å². The highest BCUT2D eigenvalue weighted by molar-refractivity contribution is 14.0. The van der Waals surface area contributed by atoms with Crippen LogP contribution in [-0.4, -0.2) is 57.2 Å². The monoisotopic (exact) mass is 446 g/mol. The average molecular weight is 446 g/mol. The summed E-state index contributed by atoms with van der Waals surface area (Å²) in [5, 5.41) is 6.74. The maximum atomic E-state index is 5.55. The molecule has 0 fully saturated rings. The Labute approximate surface area is 163 Å². The van der Waals surface area contributed by atoms with Gasteiger partial charge in [0.2, 0.25) is 0 Å². The van der Waals surface area contributed by atoms with E-state index in [0.29, 0.717) is 6.04 Å². The lowest BCUT2D eigenvalue weighted by Crippen LogP contribution is -2.42. The molecule has 0 radical (unpaired) electrons. The van der Waals surface area contributed by atoms with Crippen LogP contribution < -0.4 is 15.4 Å². The lowest BCUT2D eigenvalue weighted by atomic mass is 10.1. The molecule has 1 aliphatic heterocycles. The summed E-state index contributed by atoms with van der Waals surface area (Å²) in [4.78, 5) is 6.59. The van der Waals surface area contributed by atoms with Crippen molar-refractivity contribution in [3.63, 3.8) is 0 Å². The van der Waals surface area contributed by atoms with Crippen LogP contribution in [0.15, 0.2) is 23.2 Å². The number of hydrogen-bond donors (Lipinski definition) is 2. The highest BCUT2D eigenvalue weighted by Crippen LogP contribution is 2.25. The molecule has 1 aromatic carbocycles. The van der Waals surface area contributed by atoms with Crippen molar-refractivity contribution in [1.29, 1.82) is 0 Å². The van der Waals surface area contributed by atoms with E-state index < -0.39 is 0 Å². The summed E-state index contributed by atoms with van der Waals surface area (Å²) in [6, 6.07) is 7.07. The van der Waals surface area contributed by atoms with Gasteiger partial charge in [-0.3, -0.25) is 4.99 Å². The molecule has 0 amide bonds. The van der Waals surface area contributed by atoms with Gasteiger partial charge in [-0.25, -0.2) is 0 Å². The number of fused-ring (bicyclic) bond motifs is 1. The van der Waals surface area contributed by atoms with E-state index in [0.717, 1.165) is 50.8 Å². The number of nitrogens with zero attached hydrogens (tertiary/aromatic N) is 2. The molecule has 6 heteroatoms. The second-order valence-electron chi connectivity index (χ2n) is 6.29. The van der Waals surface area contributed by atoms with Gasteiger partial charge in [-0.1, -0.05) is 12.1 Å². The number of likely N-dealkylation sites (N-methyl/N-ethyl adjacent to an activating group) is 1. The predicted octanol–water partition coefficient (Wildman–Crippen LogP) is 2.29. The van der Waals surface area contributed by atoms with E-state index in [1.807, 2.05) is 7.05 Å². The molecule has 0 aliphatic carbocycles. The van der Waals surface area contributed by atoms with Crippen LogP contribution >= 0.6 is 24.0 Å². The zero-order valence-corrected chi connectivity index (χ0v) is 17.6. The molecule has 1 aromatic rings. The second-order valence-corrected chi connectivity index (χ2v) is 6.29. The van der Waals surface area contributed by atoms with Crippen molar-refractivity contribution in [2.75, 3.05) is 40.3 Å². The van der Waals surface area contributed by atoms with Crippen LogP contribution in [0, 0.1) is 0 Å². The molecule has 0 bridgehead atoms. The first kappa shape index (κ1) is 21.0. The van der Waals surface area contributed by atoms with Gasteiger partial charge in [-0.2, -0.15) is 0 Å². The lowest BCUT2D eigenvalue weighted by molar-refractivity contribution is 0.278. The van der Waals surface area contributed by atoms with E-state index >= 15 is 0 Å². The second kappa shape index (κ2) is 10.8. The number of aliphatic imine (C=N–C) groups is 1. The molecular weight excluding hydrogens is 415 g/mol. The maximum absolute atomic E-state index is 5.55. The first-order valence-electron chi connectivity index (χ1n) is 8.49. The highest BCUT2D eigenvalue weighted by atomic mass is 127. The Balaban J connectivity index is 0.00000288. The third-order valence-electron chi connectivity index (χ3n) is 4.32. The summed E-state index contributed by atoms with van der Waals surface area (Å²) >= 11 is 0. The Kier molecular flexibility index (Phi) is 9.43. The quantitative estimate of drug-likeness (QED) is 0.384. The number of nitrogens with one attached hydrogen (secondary N) is 2. The minimum Gasteiger partial charge on any atom is -0.493 e. The molecule has 5 nitrogen and oxygen atoms in total. The molecule has 24 heavy (non-hydrogen) atoms. The van der Waals surface area contributed by atoms with Gasteiger partial charge < -0.3 is 20.3 Å². The fourth-order valence-corrected chi connectivity index (χ4v) is 2.55. The molecule has 0 unspecified atom stereocenters. The van der Waals surface area contributed by atoms with Crippen LogP contribution in [0.1, 0.15) is 25.0 Å². The van der Waals surface area contributed by atoms with Gasteiger partial charge in [0.05, 0.1) is 6.61 Å². The topological polar surface area (TPSA) is 48.9 Å². The molecule has 0 spiro atoms. The van der Waals surface area contributed by atoms with Crippen molar-refractivity contribution in [3.8, 4) is 5.75 Å². The van der Waals surface area contributed by atoms with Crippen molar-refractivity contribution >= 4 is 29.9 Å². The summed E-state index contributed by atoms with van der Waals surface area (Å²) in [6.07, 6.45) is 2.02. The highest BCUT2D eigenvalue weighted by Gasteiger charge is 2.11. The number of guanidine groups is 1. The van der Waals surface area contributed by atoms with Crippen LogP contribution in [-0.2, 0) is 12.8 Å². The van der Waals surface area contributed by atoms with E-state index in [9.17, 15) is 0 Å². The largest absolute Gasteiger partial charge is 0.493 e. The summed E-state index contributed by atoms with van der Waals surface area (Å²) in [6.45, 7) is 7.99. The molecule has 136 valence electrons. The molecule has 2 N–H and O–H groups in total. The first-order valence-corrected chi connectivity index (χ1v) is 8.49. The number of benzene rings is 1. The summed E-state index contributed by atoms with van der Waals surface area (Å²) in [5.41, 5.74) is 2.68. The number of hydrogen-bond acceptors (Lipinski definition) is 3. The van der Waals surface area contributed by atoms with Crippen molar-refractivity contribution < 1.29 is 4.74 Å². The van der Waals surface area contributed by atoms with Gasteiger partial charge in [0.15, 0.2) is 5.96 Å². The van der Waals surface area contributed by atoms with Crippen molar-refractivity contribution in [2.24, 2.45) is 4.99 Å². The molecular formula is C18H31IN4O. The van der Waals surface area contributed by atoms with Crippen LogP contribution in [0.4, 0.5) is 0 Å². The normalized spacial score (nSPS) is 13.5. The number of rotatable bonds is 7. The van der Waals surface area contributed by atoms with E-state index in [1.165, 1.54) is 11.1 Å². The molecule has 0 saturated carbocycles. The summed E-state index contributed by atoms with van der Waals surface area (Å²) in [5.74, 6) is 1.92.